The fourth-order valence-corrected chi connectivity index (χ4v) is 2.71. The first kappa shape index (κ1) is 18.2. The van der Waals surface area contributed by atoms with Crippen LogP contribution in [0.2, 0.25) is 5.15 Å². The lowest BCUT2D eigenvalue weighted by Crippen LogP contribution is -2.24. The van der Waals surface area contributed by atoms with Gasteiger partial charge in [-0.15, -0.1) is 10.2 Å². The van der Waals surface area contributed by atoms with Crippen LogP contribution < -0.4 is 10.1 Å². The van der Waals surface area contributed by atoms with E-state index in [9.17, 15) is 4.79 Å². The fraction of sp³-hybridized carbons (Fsp3) is 0.176. The predicted molar refractivity (Wildman–Crippen MR) is 98.1 cm³/mol. The van der Waals surface area contributed by atoms with E-state index in [4.69, 9.17) is 20.8 Å². The number of carbonyl (C=O) groups excluding carboxylic acids is 1. The van der Waals surface area contributed by atoms with E-state index in [-0.39, 0.29) is 11.7 Å². The molecule has 0 aliphatic rings. The average molecular weight is 391 g/mol. The van der Waals surface area contributed by atoms with Crippen molar-refractivity contribution in [2.24, 2.45) is 0 Å². The number of benzene rings is 1. The molecule has 0 saturated carbocycles. The normalized spacial score (nSPS) is 10.5. The molecule has 1 amide bonds. The number of nitrogens with zero attached hydrogens (tertiary/aromatic N) is 3. The third-order valence-corrected chi connectivity index (χ3v) is 4.39. The van der Waals surface area contributed by atoms with Gasteiger partial charge in [0.2, 0.25) is 11.8 Å². The zero-order chi connectivity index (χ0) is 18.4. The number of rotatable bonds is 7. The van der Waals surface area contributed by atoms with Crippen LogP contribution in [0.1, 0.15) is 5.56 Å². The molecule has 0 spiro atoms. The summed E-state index contributed by atoms with van der Waals surface area (Å²) in [7, 11) is 1.60. The Morgan fingerprint density at radius 2 is 2.04 bits per heavy atom. The summed E-state index contributed by atoms with van der Waals surface area (Å²) in [5, 5.41) is 11.5. The van der Waals surface area contributed by atoms with Gasteiger partial charge in [0, 0.05) is 18.3 Å². The van der Waals surface area contributed by atoms with Crippen LogP contribution >= 0.6 is 23.4 Å². The maximum absolute atomic E-state index is 11.9. The number of methoxy groups -OCH3 is 1. The van der Waals surface area contributed by atoms with Gasteiger partial charge >= 0.3 is 0 Å². The van der Waals surface area contributed by atoms with Crippen molar-refractivity contribution in [2.45, 2.75) is 11.8 Å². The molecule has 0 radical (unpaired) electrons. The highest BCUT2D eigenvalue weighted by Crippen LogP contribution is 2.24. The second-order valence-electron chi connectivity index (χ2n) is 5.16. The van der Waals surface area contributed by atoms with Gasteiger partial charge in [-0.05, 0) is 35.9 Å². The van der Waals surface area contributed by atoms with Gasteiger partial charge in [0.1, 0.15) is 10.9 Å². The zero-order valence-electron chi connectivity index (χ0n) is 13.8. The highest BCUT2D eigenvalue weighted by molar-refractivity contribution is 7.99. The molecule has 0 atom stereocenters. The molecule has 0 aliphatic carbocycles. The number of aromatic nitrogens is 3. The highest BCUT2D eigenvalue weighted by Gasteiger charge is 2.11. The molecular weight excluding hydrogens is 376 g/mol. The Morgan fingerprint density at radius 3 is 2.73 bits per heavy atom. The maximum atomic E-state index is 11.9. The lowest BCUT2D eigenvalue weighted by Gasteiger charge is -2.03. The summed E-state index contributed by atoms with van der Waals surface area (Å²) < 4.78 is 10.7. The molecule has 1 aromatic carbocycles. The lowest BCUT2D eigenvalue weighted by atomic mass is 10.2. The van der Waals surface area contributed by atoms with E-state index < -0.39 is 0 Å². The summed E-state index contributed by atoms with van der Waals surface area (Å²) in [6.45, 7) is 0.379. The van der Waals surface area contributed by atoms with E-state index in [0.29, 0.717) is 22.8 Å². The van der Waals surface area contributed by atoms with Crippen LogP contribution in [0.5, 0.6) is 5.75 Å². The molecular formula is C17H15ClN4O3S. The Kier molecular flexibility index (Phi) is 6.08. The van der Waals surface area contributed by atoms with Gasteiger partial charge in [-0.25, -0.2) is 4.98 Å². The molecule has 0 bridgehead atoms. The van der Waals surface area contributed by atoms with Crippen LogP contribution in [-0.2, 0) is 11.3 Å². The van der Waals surface area contributed by atoms with Crippen molar-refractivity contribution in [3.8, 4) is 17.2 Å². The Balaban J connectivity index is 1.49. The number of carbonyl (C=O) groups is 1. The number of thioether (sulfide) groups is 1. The van der Waals surface area contributed by atoms with Crippen molar-refractivity contribution in [3.63, 3.8) is 0 Å². The number of hydrogen-bond acceptors (Lipinski definition) is 7. The molecule has 0 saturated heterocycles. The molecule has 0 aliphatic heterocycles. The number of pyridine rings is 1. The number of amides is 1. The first-order valence-corrected chi connectivity index (χ1v) is 8.98. The van der Waals surface area contributed by atoms with E-state index in [0.717, 1.165) is 16.9 Å². The van der Waals surface area contributed by atoms with Gasteiger partial charge in [-0.2, -0.15) is 0 Å². The maximum Gasteiger partial charge on any atom is 0.277 e. The van der Waals surface area contributed by atoms with Crippen molar-refractivity contribution >= 4 is 29.3 Å². The quantitative estimate of drug-likeness (QED) is 0.489. The molecule has 7 nitrogen and oxygen atoms in total. The summed E-state index contributed by atoms with van der Waals surface area (Å²) in [5.41, 5.74) is 1.65. The molecule has 134 valence electrons. The SMILES string of the molecule is COc1ccc(-c2nnc(SCC(=O)NCc3ccc(Cl)nc3)o2)cc1. The third kappa shape index (κ3) is 4.96. The minimum Gasteiger partial charge on any atom is -0.497 e. The second-order valence-corrected chi connectivity index (χ2v) is 6.47. The smallest absolute Gasteiger partial charge is 0.277 e. The van der Waals surface area contributed by atoms with Crippen LogP contribution in [0.25, 0.3) is 11.5 Å². The summed E-state index contributed by atoms with van der Waals surface area (Å²) in [5.74, 6) is 1.16. The van der Waals surface area contributed by atoms with Crippen LogP contribution in [-0.4, -0.2) is 34.0 Å². The molecule has 0 unspecified atom stereocenters. The van der Waals surface area contributed by atoms with Crippen LogP contribution in [0.15, 0.2) is 52.2 Å². The average Bonchev–Trinajstić information content (AvgIpc) is 3.15. The minimum atomic E-state index is -0.144. The van der Waals surface area contributed by atoms with Crippen LogP contribution in [0.3, 0.4) is 0 Å². The van der Waals surface area contributed by atoms with Gasteiger partial charge < -0.3 is 14.5 Å². The summed E-state index contributed by atoms with van der Waals surface area (Å²) in [4.78, 5) is 15.9. The van der Waals surface area contributed by atoms with E-state index in [1.54, 1.807) is 19.4 Å². The predicted octanol–water partition coefficient (Wildman–Crippen LogP) is 3.20. The zero-order valence-corrected chi connectivity index (χ0v) is 15.4. The van der Waals surface area contributed by atoms with Gasteiger partial charge in [0.05, 0.1) is 12.9 Å². The third-order valence-electron chi connectivity index (χ3n) is 3.35. The number of hydrogen-bond donors (Lipinski definition) is 1. The highest BCUT2D eigenvalue weighted by atomic mass is 35.5. The van der Waals surface area contributed by atoms with Crippen molar-refractivity contribution < 1.29 is 13.9 Å². The summed E-state index contributed by atoms with van der Waals surface area (Å²) >= 11 is 6.90. The Morgan fingerprint density at radius 1 is 1.23 bits per heavy atom. The first-order valence-electron chi connectivity index (χ1n) is 7.62. The molecule has 3 aromatic rings. The lowest BCUT2D eigenvalue weighted by molar-refractivity contribution is -0.118. The Bertz CT molecular complexity index is 868. The van der Waals surface area contributed by atoms with Crippen molar-refractivity contribution in [1.82, 2.24) is 20.5 Å². The molecule has 9 heteroatoms. The van der Waals surface area contributed by atoms with Crippen LogP contribution in [0, 0.1) is 0 Å². The number of halogens is 1. The van der Waals surface area contributed by atoms with Crippen molar-refractivity contribution in [1.29, 1.82) is 0 Å². The van der Waals surface area contributed by atoms with Gasteiger partial charge in [0.25, 0.3) is 5.22 Å². The largest absolute Gasteiger partial charge is 0.497 e. The van der Waals surface area contributed by atoms with Crippen molar-refractivity contribution in [2.75, 3.05) is 12.9 Å². The number of nitrogens with one attached hydrogen (secondary N) is 1. The van der Waals surface area contributed by atoms with Crippen molar-refractivity contribution in [3.05, 3.63) is 53.3 Å². The van der Waals surface area contributed by atoms with E-state index in [1.165, 1.54) is 11.8 Å². The second kappa shape index (κ2) is 8.68. The topological polar surface area (TPSA) is 90.1 Å². The van der Waals surface area contributed by atoms with E-state index in [2.05, 4.69) is 20.5 Å². The summed E-state index contributed by atoms with van der Waals surface area (Å²) in [6, 6.07) is 10.8. The molecule has 0 fully saturated rings. The first-order chi connectivity index (χ1) is 12.6. The molecule has 2 aromatic heterocycles. The van der Waals surface area contributed by atoms with Crippen LogP contribution in [0.4, 0.5) is 0 Å². The van der Waals surface area contributed by atoms with E-state index >= 15 is 0 Å². The molecule has 26 heavy (non-hydrogen) atoms. The van der Waals surface area contributed by atoms with Gasteiger partial charge in [-0.1, -0.05) is 29.4 Å². The monoisotopic (exact) mass is 390 g/mol. The van der Waals surface area contributed by atoms with E-state index in [1.807, 2.05) is 30.3 Å². The van der Waals surface area contributed by atoms with Gasteiger partial charge in [-0.3, -0.25) is 4.79 Å². The molecule has 2 heterocycles. The van der Waals surface area contributed by atoms with Gasteiger partial charge in [0.15, 0.2) is 0 Å². The summed E-state index contributed by atoms with van der Waals surface area (Å²) in [6.07, 6.45) is 1.62. The molecule has 1 N–H and O–H groups in total. The Hall–Kier alpha value is -2.58. The molecule has 3 rings (SSSR count). The fourth-order valence-electron chi connectivity index (χ4n) is 2.01. The minimum absolute atomic E-state index is 0.144. The standard InChI is InChI=1S/C17H15ClN4O3S/c1-24-13-5-3-12(4-6-13)16-21-22-17(25-16)26-10-15(23)20-9-11-2-7-14(18)19-8-11/h2-8H,9-10H2,1H3,(H,20,23). The number of ether oxygens (including phenoxy) is 1. The Labute approximate surface area is 159 Å².